The van der Waals surface area contributed by atoms with Crippen molar-refractivity contribution in [1.29, 1.82) is 0 Å². The van der Waals surface area contributed by atoms with Crippen molar-refractivity contribution in [3.05, 3.63) is 58.8 Å². The van der Waals surface area contributed by atoms with Crippen LogP contribution in [0.4, 0.5) is 0 Å². The minimum atomic E-state index is -0.0118. The first kappa shape index (κ1) is 19.8. The molecule has 1 aromatic heterocycles. The Morgan fingerprint density at radius 3 is 2.41 bits per heavy atom. The molecular formula is C22H24N2OS2. The summed E-state index contributed by atoms with van der Waals surface area (Å²) in [6.07, 6.45) is 4.69. The van der Waals surface area contributed by atoms with Crippen molar-refractivity contribution >= 4 is 40.3 Å². The van der Waals surface area contributed by atoms with Gasteiger partial charge in [-0.25, -0.2) is 0 Å². The average Bonchev–Trinajstić information content (AvgIpc) is 2.95. The number of carbonyl (C=O) groups is 1. The van der Waals surface area contributed by atoms with E-state index in [2.05, 4.69) is 56.9 Å². The summed E-state index contributed by atoms with van der Waals surface area (Å²) in [6.45, 7) is 8.42. The SMILES string of the molecule is CC[C@H](C)[C@@H](C)N1C(=O)/C(=C/c2ccc(-c3ccc(C)cc3)cn2)SC1=S. The quantitative estimate of drug-likeness (QED) is 0.480. The van der Waals surface area contributed by atoms with Crippen LogP contribution in [0.1, 0.15) is 38.4 Å². The van der Waals surface area contributed by atoms with Crippen LogP contribution < -0.4 is 0 Å². The van der Waals surface area contributed by atoms with Crippen molar-refractivity contribution in [2.45, 2.75) is 40.2 Å². The normalized spacial score (nSPS) is 18.2. The van der Waals surface area contributed by atoms with Gasteiger partial charge in [0.2, 0.25) is 0 Å². The summed E-state index contributed by atoms with van der Waals surface area (Å²) < 4.78 is 0.635. The maximum absolute atomic E-state index is 12.8. The number of aryl methyl sites for hydroxylation is 1. The number of amides is 1. The molecule has 5 heteroatoms. The zero-order valence-electron chi connectivity index (χ0n) is 16.1. The zero-order chi connectivity index (χ0) is 19.6. The molecule has 0 aliphatic carbocycles. The largest absolute Gasteiger partial charge is 0.290 e. The molecule has 1 amide bonds. The molecule has 27 heavy (non-hydrogen) atoms. The first-order valence-electron chi connectivity index (χ1n) is 9.21. The zero-order valence-corrected chi connectivity index (χ0v) is 17.7. The Kier molecular flexibility index (Phi) is 6.12. The maximum Gasteiger partial charge on any atom is 0.266 e. The molecule has 140 valence electrons. The van der Waals surface area contributed by atoms with Crippen molar-refractivity contribution in [2.24, 2.45) is 5.92 Å². The Bertz CT molecular complexity index is 872. The molecule has 3 rings (SSSR count). The van der Waals surface area contributed by atoms with Gasteiger partial charge in [-0.3, -0.25) is 14.7 Å². The van der Waals surface area contributed by atoms with Crippen LogP contribution in [0.25, 0.3) is 17.2 Å². The van der Waals surface area contributed by atoms with Gasteiger partial charge in [-0.05, 0) is 37.5 Å². The molecule has 1 aromatic carbocycles. The molecule has 0 bridgehead atoms. The van der Waals surface area contributed by atoms with E-state index in [4.69, 9.17) is 12.2 Å². The van der Waals surface area contributed by atoms with Gasteiger partial charge < -0.3 is 0 Å². The van der Waals surface area contributed by atoms with Crippen LogP contribution in [0.5, 0.6) is 0 Å². The third kappa shape index (κ3) is 4.30. The number of rotatable bonds is 5. The smallest absolute Gasteiger partial charge is 0.266 e. The fraction of sp³-hybridized carbons (Fsp3) is 0.318. The van der Waals surface area contributed by atoms with Gasteiger partial charge in [0.25, 0.3) is 5.91 Å². The molecule has 1 saturated heterocycles. The number of pyridine rings is 1. The van der Waals surface area contributed by atoms with Crippen molar-refractivity contribution < 1.29 is 4.79 Å². The fourth-order valence-electron chi connectivity index (χ4n) is 2.97. The molecule has 1 fully saturated rings. The van der Waals surface area contributed by atoms with E-state index < -0.39 is 0 Å². The lowest BCUT2D eigenvalue weighted by Crippen LogP contribution is -2.40. The van der Waals surface area contributed by atoms with Gasteiger partial charge in [-0.15, -0.1) is 0 Å². The van der Waals surface area contributed by atoms with Gasteiger partial charge in [0.05, 0.1) is 10.6 Å². The van der Waals surface area contributed by atoms with E-state index in [1.54, 1.807) is 4.90 Å². The minimum Gasteiger partial charge on any atom is -0.290 e. The summed E-state index contributed by atoms with van der Waals surface area (Å²) in [6, 6.07) is 12.4. The van der Waals surface area contributed by atoms with E-state index >= 15 is 0 Å². The number of nitrogens with zero attached hydrogens (tertiary/aromatic N) is 2. The van der Waals surface area contributed by atoms with Gasteiger partial charge in [0.15, 0.2) is 0 Å². The maximum atomic E-state index is 12.8. The molecule has 1 aliphatic rings. The molecule has 0 saturated carbocycles. The number of carbonyl (C=O) groups excluding carboxylic acids is 1. The Hall–Kier alpha value is -1.98. The monoisotopic (exact) mass is 396 g/mol. The van der Waals surface area contributed by atoms with Crippen molar-refractivity contribution in [3.63, 3.8) is 0 Å². The first-order valence-corrected chi connectivity index (χ1v) is 10.4. The van der Waals surface area contributed by atoms with Gasteiger partial charge in [0, 0.05) is 17.8 Å². The molecule has 1 aliphatic heterocycles. The second-order valence-electron chi connectivity index (χ2n) is 7.02. The van der Waals surface area contributed by atoms with Crippen LogP contribution in [0, 0.1) is 12.8 Å². The van der Waals surface area contributed by atoms with Gasteiger partial charge >= 0.3 is 0 Å². The molecule has 2 atom stereocenters. The second kappa shape index (κ2) is 8.36. The third-order valence-corrected chi connectivity index (χ3v) is 6.48. The second-order valence-corrected chi connectivity index (χ2v) is 8.69. The van der Waals surface area contributed by atoms with Gasteiger partial charge in [-0.2, -0.15) is 0 Å². The van der Waals surface area contributed by atoms with Crippen molar-refractivity contribution in [1.82, 2.24) is 9.88 Å². The predicted octanol–water partition coefficient (Wildman–Crippen LogP) is 5.69. The predicted molar refractivity (Wildman–Crippen MR) is 118 cm³/mol. The lowest BCUT2D eigenvalue weighted by molar-refractivity contribution is -0.124. The van der Waals surface area contributed by atoms with Crippen LogP contribution in [-0.4, -0.2) is 26.2 Å². The topological polar surface area (TPSA) is 33.2 Å². The summed E-state index contributed by atoms with van der Waals surface area (Å²) in [5.41, 5.74) is 4.19. The average molecular weight is 397 g/mol. The van der Waals surface area contributed by atoms with E-state index in [1.807, 2.05) is 24.4 Å². The van der Waals surface area contributed by atoms with E-state index in [9.17, 15) is 4.79 Å². The molecule has 0 N–H and O–H groups in total. The highest BCUT2D eigenvalue weighted by Gasteiger charge is 2.36. The van der Waals surface area contributed by atoms with Gasteiger partial charge in [0.1, 0.15) is 4.32 Å². The van der Waals surface area contributed by atoms with Crippen molar-refractivity contribution in [3.8, 4) is 11.1 Å². The number of benzene rings is 1. The summed E-state index contributed by atoms with van der Waals surface area (Å²) in [5, 5.41) is 0. The summed E-state index contributed by atoms with van der Waals surface area (Å²) in [4.78, 5) is 19.7. The van der Waals surface area contributed by atoms with Crippen molar-refractivity contribution in [2.75, 3.05) is 0 Å². The lowest BCUT2D eigenvalue weighted by Gasteiger charge is -2.27. The van der Waals surface area contributed by atoms with E-state index in [1.165, 1.54) is 17.3 Å². The Labute approximate surface area is 170 Å². The molecule has 2 aromatic rings. The van der Waals surface area contributed by atoms with Crippen LogP contribution in [0.3, 0.4) is 0 Å². The number of thiocarbonyl (C=S) groups is 1. The summed E-state index contributed by atoms with van der Waals surface area (Å²) in [7, 11) is 0. The number of hydrogen-bond acceptors (Lipinski definition) is 4. The number of aromatic nitrogens is 1. The highest BCUT2D eigenvalue weighted by molar-refractivity contribution is 8.26. The molecule has 2 heterocycles. The number of hydrogen-bond donors (Lipinski definition) is 0. The molecular weight excluding hydrogens is 372 g/mol. The highest BCUT2D eigenvalue weighted by atomic mass is 32.2. The highest BCUT2D eigenvalue weighted by Crippen LogP contribution is 2.35. The Morgan fingerprint density at radius 2 is 1.81 bits per heavy atom. The molecule has 0 radical (unpaired) electrons. The molecule has 0 spiro atoms. The fourth-order valence-corrected chi connectivity index (χ4v) is 4.39. The first-order chi connectivity index (χ1) is 12.9. The summed E-state index contributed by atoms with van der Waals surface area (Å²) in [5.74, 6) is 0.390. The van der Waals surface area contributed by atoms with Crippen LogP contribution in [0.15, 0.2) is 47.5 Å². The van der Waals surface area contributed by atoms with Gasteiger partial charge in [-0.1, -0.05) is 80.1 Å². The van der Waals surface area contributed by atoms with Crippen LogP contribution in [-0.2, 0) is 4.79 Å². The summed E-state index contributed by atoms with van der Waals surface area (Å²) >= 11 is 6.82. The van der Waals surface area contributed by atoms with E-state index in [0.29, 0.717) is 15.1 Å². The minimum absolute atomic E-state index is 0.0118. The Morgan fingerprint density at radius 1 is 1.15 bits per heavy atom. The van der Waals surface area contributed by atoms with Crippen LogP contribution >= 0.6 is 24.0 Å². The van der Waals surface area contributed by atoms with E-state index in [0.717, 1.165) is 23.2 Å². The van der Waals surface area contributed by atoms with Crippen LogP contribution in [0.2, 0.25) is 0 Å². The third-order valence-electron chi connectivity index (χ3n) is 5.15. The lowest BCUT2D eigenvalue weighted by atomic mass is 10.00. The Balaban J connectivity index is 1.79. The van der Waals surface area contributed by atoms with E-state index in [-0.39, 0.29) is 11.9 Å². The molecule has 0 unspecified atom stereocenters. The number of thioether (sulfide) groups is 1. The standard InChI is InChI=1S/C22H24N2OS2/c1-5-15(3)16(4)24-21(25)20(27-22(24)26)12-19-11-10-18(13-23-19)17-8-6-14(2)7-9-17/h6-13,15-16H,5H2,1-4H3/b20-12-/t15-,16+/m0/s1. The molecule has 3 nitrogen and oxygen atoms in total.